The second-order valence-electron chi connectivity index (χ2n) is 2.57. The van der Waals surface area contributed by atoms with E-state index < -0.39 is 0 Å². The normalized spacial score (nSPS) is 9.87. The maximum Gasteiger partial charge on any atom is 0.111 e. The predicted octanol–water partition coefficient (Wildman–Crippen LogP) is 0.583. The van der Waals surface area contributed by atoms with Crippen LogP contribution in [0.3, 0.4) is 0 Å². The van der Waals surface area contributed by atoms with Gasteiger partial charge in [0.2, 0.25) is 0 Å². The van der Waals surface area contributed by atoms with E-state index in [2.05, 4.69) is 37.5 Å². The van der Waals surface area contributed by atoms with Crippen molar-refractivity contribution in [1.82, 2.24) is 20.6 Å². The number of benzene rings is 1. The topological polar surface area (TPSA) is 65.1 Å². The molecule has 0 amide bonds. The van der Waals surface area contributed by atoms with Gasteiger partial charge < -0.3 is 4.99 Å². The molecule has 15 heavy (non-hydrogen) atoms. The van der Waals surface area contributed by atoms with Crippen LogP contribution in [0.4, 0.5) is 5.95 Å². The lowest BCUT2D eigenvalue weighted by molar-refractivity contribution is 0.871. The Hall–Kier alpha value is -2.48. The SMILES string of the molecule is C(#Cc1ccccc1)C=Nc1nnn[n-]1. The van der Waals surface area contributed by atoms with Gasteiger partial charge in [0, 0.05) is 11.8 Å². The summed E-state index contributed by atoms with van der Waals surface area (Å²) in [6, 6.07) is 9.63. The molecule has 0 radical (unpaired) electrons. The molecule has 5 heteroatoms. The predicted molar refractivity (Wildman–Crippen MR) is 54.6 cm³/mol. The van der Waals surface area contributed by atoms with Gasteiger partial charge in [0.25, 0.3) is 0 Å². The quantitative estimate of drug-likeness (QED) is 0.494. The Labute approximate surface area is 86.3 Å². The van der Waals surface area contributed by atoms with Gasteiger partial charge in [-0.15, -0.1) is 5.21 Å². The summed E-state index contributed by atoms with van der Waals surface area (Å²) in [7, 11) is 0. The number of aliphatic imine (C=N–C) groups is 1. The van der Waals surface area contributed by atoms with Crippen LogP contribution >= 0.6 is 0 Å². The van der Waals surface area contributed by atoms with Crippen LogP contribution in [0.1, 0.15) is 5.56 Å². The standard InChI is InChI=1S/C10H6N5/c1-2-5-9(6-3-1)7-4-8-11-10-12-14-15-13-10/h1-3,5-6,8H/q-1. The Morgan fingerprint density at radius 2 is 2.13 bits per heavy atom. The van der Waals surface area contributed by atoms with Crippen molar-refractivity contribution in [3.63, 3.8) is 0 Å². The zero-order valence-electron chi connectivity index (χ0n) is 7.70. The summed E-state index contributed by atoms with van der Waals surface area (Å²) in [4.78, 5) is 3.84. The molecule has 1 heterocycles. The van der Waals surface area contributed by atoms with Crippen molar-refractivity contribution in [3.8, 4) is 11.8 Å². The molecule has 0 aliphatic carbocycles. The van der Waals surface area contributed by atoms with Crippen molar-refractivity contribution in [2.75, 3.05) is 0 Å². The maximum absolute atomic E-state index is 3.84. The van der Waals surface area contributed by atoms with E-state index in [0.29, 0.717) is 0 Å². The van der Waals surface area contributed by atoms with Gasteiger partial charge in [-0.1, -0.05) is 30.0 Å². The second kappa shape index (κ2) is 4.67. The Bertz CT molecular complexity index is 490. The highest BCUT2D eigenvalue weighted by Gasteiger charge is 1.79. The fraction of sp³-hybridized carbons (Fsp3) is 0. The van der Waals surface area contributed by atoms with Crippen LogP contribution in [0, 0.1) is 11.8 Å². The molecule has 5 nitrogen and oxygen atoms in total. The Morgan fingerprint density at radius 1 is 1.27 bits per heavy atom. The van der Waals surface area contributed by atoms with Crippen molar-refractivity contribution in [2.24, 2.45) is 4.99 Å². The molecule has 0 aliphatic heterocycles. The van der Waals surface area contributed by atoms with Crippen LogP contribution in [0.25, 0.3) is 0 Å². The molecule has 0 N–H and O–H groups in total. The molecule has 1 aromatic heterocycles. The largest absolute Gasteiger partial charge is 0.319 e. The number of aromatic nitrogens is 4. The Morgan fingerprint density at radius 3 is 2.87 bits per heavy atom. The third-order valence-electron chi connectivity index (χ3n) is 1.54. The highest BCUT2D eigenvalue weighted by atomic mass is 15.5. The number of hydrogen-bond donors (Lipinski definition) is 0. The van der Waals surface area contributed by atoms with E-state index in [9.17, 15) is 0 Å². The van der Waals surface area contributed by atoms with Gasteiger partial charge in [0.05, 0.1) is 0 Å². The van der Waals surface area contributed by atoms with E-state index in [4.69, 9.17) is 0 Å². The Kier molecular flexibility index (Phi) is 2.83. The maximum atomic E-state index is 3.84. The molecule has 72 valence electrons. The van der Waals surface area contributed by atoms with Crippen LogP contribution in [-0.2, 0) is 0 Å². The molecule has 0 spiro atoms. The van der Waals surface area contributed by atoms with Crippen LogP contribution in [0.2, 0.25) is 0 Å². The first kappa shape index (κ1) is 9.09. The summed E-state index contributed by atoms with van der Waals surface area (Å²) in [6.45, 7) is 0. The molecule has 1 aromatic carbocycles. The van der Waals surface area contributed by atoms with Crippen molar-refractivity contribution >= 4 is 12.2 Å². The van der Waals surface area contributed by atoms with E-state index >= 15 is 0 Å². The molecular weight excluding hydrogens is 190 g/mol. The van der Waals surface area contributed by atoms with Crippen LogP contribution in [0.5, 0.6) is 0 Å². The lowest BCUT2D eigenvalue weighted by Crippen LogP contribution is -1.74. The first-order valence-electron chi connectivity index (χ1n) is 4.23. The average molecular weight is 196 g/mol. The fourth-order valence-electron chi connectivity index (χ4n) is 0.919. The van der Waals surface area contributed by atoms with Gasteiger partial charge in [0.15, 0.2) is 0 Å². The van der Waals surface area contributed by atoms with Crippen molar-refractivity contribution in [3.05, 3.63) is 35.9 Å². The van der Waals surface area contributed by atoms with E-state index in [0.717, 1.165) is 5.56 Å². The highest BCUT2D eigenvalue weighted by molar-refractivity contribution is 5.80. The molecule has 0 unspecified atom stereocenters. The van der Waals surface area contributed by atoms with Crippen molar-refractivity contribution < 1.29 is 0 Å². The smallest absolute Gasteiger partial charge is 0.111 e. The van der Waals surface area contributed by atoms with E-state index in [1.807, 2.05) is 30.3 Å². The molecule has 0 fully saturated rings. The summed E-state index contributed by atoms with van der Waals surface area (Å²) in [5.41, 5.74) is 0.934. The van der Waals surface area contributed by atoms with E-state index in [1.54, 1.807) is 0 Å². The third-order valence-corrected chi connectivity index (χ3v) is 1.54. The first-order chi connectivity index (χ1) is 7.45. The highest BCUT2D eigenvalue weighted by Crippen LogP contribution is 1.95. The number of rotatable bonds is 1. The monoisotopic (exact) mass is 196 g/mol. The summed E-state index contributed by atoms with van der Waals surface area (Å²) in [6.07, 6.45) is 1.42. The van der Waals surface area contributed by atoms with E-state index in [-0.39, 0.29) is 5.95 Å². The molecule has 0 saturated heterocycles. The Balaban J connectivity index is 2.02. The lowest BCUT2D eigenvalue weighted by atomic mass is 10.2. The van der Waals surface area contributed by atoms with Gasteiger partial charge in [-0.05, 0) is 12.1 Å². The van der Waals surface area contributed by atoms with Gasteiger partial charge >= 0.3 is 0 Å². The lowest BCUT2D eigenvalue weighted by Gasteiger charge is -1.86. The molecule has 0 saturated carbocycles. The van der Waals surface area contributed by atoms with Gasteiger partial charge in [-0.2, -0.15) is 5.21 Å². The first-order valence-corrected chi connectivity index (χ1v) is 4.23. The second-order valence-corrected chi connectivity index (χ2v) is 2.57. The minimum absolute atomic E-state index is 0.220. The molecule has 2 rings (SSSR count). The summed E-state index contributed by atoms with van der Waals surface area (Å²) in [5, 5.41) is 13.6. The zero-order valence-corrected chi connectivity index (χ0v) is 7.70. The molecule has 2 aromatic rings. The summed E-state index contributed by atoms with van der Waals surface area (Å²) in [5.74, 6) is 5.89. The summed E-state index contributed by atoms with van der Waals surface area (Å²) < 4.78 is 0. The van der Waals surface area contributed by atoms with Crippen LogP contribution in [-0.4, -0.2) is 21.7 Å². The third kappa shape index (κ3) is 2.74. The van der Waals surface area contributed by atoms with Crippen LogP contribution < -0.4 is 5.10 Å². The van der Waals surface area contributed by atoms with Crippen molar-refractivity contribution in [2.45, 2.75) is 0 Å². The summed E-state index contributed by atoms with van der Waals surface area (Å²) >= 11 is 0. The van der Waals surface area contributed by atoms with Crippen LogP contribution in [0.15, 0.2) is 35.3 Å². The average Bonchev–Trinajstić information content (AvgIpc) is 2.79. The number of tetrazole rings is 1. The van der Waals surface area contributed by atoms with Crippen molar-refractivity contribution in [1.29, 1.82) is 0 Å². The minimum atomic E-state index is 0.220. The zero-order chi connectivity index (χ0) is 10.3. The molecule has 0 atom stereocenters. The van der Waals surface area contributed by atoms with Gasteiger partial charge in [0.1, 0.15) is 5.95 Å². The molecular formula is C10H6N5-. The number of hydrogen-bond acceptors (Lipinski definition) is 4. The minimum Gasteiger partial charge on any atom is -0.319 e. The molecule has 0 bridgehead atoms. The van der Waals surface area contributed by atoms with Gasteiger partial charge in [-0.25, -0.2) is 5.10 Å². The van der Waals surface area contributed by atoms with Gasteiger partial charge in [-0.3, -0.25) is 5.10 Å². The number of nitrogens with zero attached hydrogens (tertiary/aromatic N) is 5. The molecule has 0 aliphatic rings. The van der Waals surface area contributed by atoms with E-state index in [1.165, 1.54) is 6.21 Å². The fourth-order valence-corrected chi connectivity index (χ4v) is 0.919.